The van der Waals surface area contributed by atoms with E-state index in [2.05, 4.69) is 4.89 Å². The van der Waals surface area contributed by atoms with E-state index in [4.69, 9.17) is 19.1 Å². The standard InChI is InChI=1S/C13H22O8/c1-5-18-10(14)8-13(21-17-4,12(16)20-7-3)9-11(15)19-6-2/h5-9H2,1-4H3. The normalized spacial score (nSPS) is 10.9. The third-order valence-electron chi connectivity index (χ3n) is 2.36. The molecule has 0 unspecified atom stereocenters. The van der Waals surface area contributed by atoms with E-state index < -0.39 is 36.4 Å². The topological polar surface area (TPSA) is 97.4 Å². The van der Waals surface area contributed by atoms with Crippen LogP contribution >= 0.6 is 0 Å². The highest BCUT2D eigenvalue weighted by molar-refractivity contribution is 5.90. The molecule has 0 aromatic carbocycles. The third kappa shape index (κ3) is 6.54. The van der Waals surface area contributed by atoms with Crippen LogP contribution in [0.3, 0.4) is 0 Å². The maximum absolute atomic E-state index is 12.1. The van der Waals surface area contributed by atoms with Gasteiger partial charge in [-0.05, 0) is 20.8 Å². The average Bonchev–Trinajstić information content (AvgIpc) is 2.39. The van der Waals surface area contributed by atoms with E-state index in [1.54, 1.807) is 20.8 Å². The first-order valence-corrected chi connectivity index (χ1v) is 6.66. The summed E-state index contributed by atoms with van der Waals surface area (Å²) in [6, 6.07) is 0. The number of rotatable bonds is 10. The van der Waals surface area contributed by atoms with Gasteiger partial charge in [-0.25, -0.2) is 14.6 Å². The fourth-order valence-corrected chi connectivity index (χ4v) is 1.61. The second-order valence-electron chi connectivity index (χ2n) is 3.93. The van der Waals surface area contributed by atoms with Crippen molar-refractivity contribution in [2.24, 2.45) is 0 Å². The Labute approximate surface area is 123 Å². The molecule has 0 amide bonds. The van der Waals surface area contributed by atoms with Crippen LogP contribution in [0.4, 0.5) is 0 Å². The minimum Gasteiger partial charge on any atom is -0.466 e. The van der Waals surface area contributed by atoms with Gasteiger partial charge in [-0.2, -0.15) is 0 Å². The molecular formula is C13H22O8. The molecule has 0 atom stereocenters. The lowest BCUT2D eigenvalue weighted by molar-refractivity contribution is -0.340. The maximum Gasteiger partial charge on any atom is 0.343 e. The van der Waals surface area contributed by atoms with Crippen LogP contribution in [0.5, 0.6) is 0 Å². The summed E-state index contributed by atoms with van der Waals surface area (Å²) >= 11 is 0. The molecule has 8 heteroatoms. The van der Waals surface area contributed by atoms with E-state index in [0.29, 0.717) is 0 Å². The Morgan fingerprint density at radius 1 is 0.810 bits per heavy atom. The van der Waals surface area contributed by atoms with Gasteiger partial charge in [-0.3, -0.25) is 9.59 Å². The van der Waals surface area contributed by atoms with Crippen molar-refractivity contribution in [1.29, 1.82) is 0 Å². The van der Waals surface area contributed by atoms with Gasteiger partial charge in [0.05, 0.1) is 39.8 Å². The predicted molar refractivity (Wildman–Crippen MR) is 70.0 cm³/mol. The van der Waals surface area contributed by atoms with Crippen molar-refractivity contribution in [2.45, 2.75) is 39.2 Å². The number of ether oxygens (including phenoxy) is 3. The highest BCUT2D eigenvalue weighted by atomic mass is 17.2. The fraction of sp³-hybridized carbons (Fsp3) is 0.769. The lowest BCUT2D eigenvalue weighted by atomic mass is 9.95. The molecule has 0 heterocycles. The number of carbonyl (C=O) groups excluding carboxylic acids is 3. The summed E-state index contributed by atoms with van der Waals surface area (Å²) in [6.07, 6.45) is -1.04. The molecule has 122 valence electrons. The van der Waals surface area contributed by atoms with Crippen LogP contribution in [-0.4, -0.2) is 50.4 Å². The van der Waals surface area contributed by atoms with E-state index in [1.807, 2.05) is 0 Å². The first-order chi connectivity index (χ1) is 9.95. The highest BCUT2D eigenvalue weighted by Gasteiger charge is 2.48. The van der Waals surface area contributed by atoms with Gasteiger partial charge in [-0.1, -0.05) is 0 Å². The van der Waals surface area contributed by atoms with Crippen molar-refractivity contribution in [3.05, 3.63) is 0 Å². The van der Waals surface area contributed by atoms with Crippen LogP contribution in [0, 0.1) is 0 Å². The van der Waals surface area contributed by atoms with E-state index in [1.165, 1.54) is 0 Å². The molecule has 0 radical (unpaired) electrons. The lowest BCUT2D eigenvalue weighted by Gasteiger charge is -2.27. The highest BCUT2D eigenvalue weighted by Crippen LogP contribution is 2.25. The van der Waals surface area contributed by atoms with Crippen LogP contribution in [0.1, 0.15) is 33.6 Å². The Hall–Kier alpha value is -1.67. The average molecular weight is 306 g/mol. The molecule has 0 spiro atoms. The fourth-order valence-electron chi connectivity index (χ4n) is 1.61. The van der Waals surface area contributed by atoms with Crippen LogP contribution in [0.15, 0.2) is 0 Å². The van der Waals surface area contributed by atoms with Gasteiger partial charge in [0.1, 0.15) is 0 Å². The minimum atomic E-state index is -1.93. The maximum atomic E-state index is 12.1. The van der Waals surface area contributed by atoms with E-state index >= 15 is 0 Å². The molecule has 0 aliphatic heterocycles. The number of carbonyl (C=O) groups is 3. The molecule has 0 aromatic heterocycles. The van der Waals surface area contributed by atoms with Crippen molar-refractivity contribution >= 4 is 17.9 Å². The summed E-state index contributed by atoms with van der Waals surface area (Å²) < 4.78 is 14.4. The Morgan fingerprint density at radius 3 is 1.57 bits per heavy atom. The predicted octanol–water partition coefficient (Wildman–Crippen LogP) is 0.773. The second-order valence-corrected chi connectivity index (χ2v) is 3.93. The SMILES string of the molecule is CCOC(=O)CC(CC(=O)OCC)(OOC)C(=O)OCC. The van der Waals surface area contributed by atoms with E-state index in [0.717, 1.165) is 7.11 Å². The van der Waals surface area contributed by atoms with Gasteiger partial charge in [0.2, 0.25) is 5.60 Å². The Balaban J connectivity index is 5.25. The first-order valence-electron chi connectivity index (χ1n) is 6.66. The monoisotopic (exact) mass is 306 g/mol. The summed E-state index contributed by atoms with van der Waals surface area (Å²) in [5.41, 5.74) is -1.93. The van der Waals surface area contributed by atoms with Gasteiger partial charge < -0.3 is 14.2 Å². The summed E-state index contributed by atoms with van der Waals surface area (Å²) in [6.45, 7) is 5.14. The van der Waals surface area contributed by atoms with Gasteiger partial charge >= 0.3 is 17.9 Å². The van der Waals surface area contributed by atoms with Gasteiger partial charge in [0.25, 0.3) is 0 Å². The molecule has 0 fully saturated rings. The number of hydrogen-bond acceptors (Lipinski definition) is 8. The molecule has 0 saturated heterocycles. The molecule has 0 aromatic rings. The van der Waals surface area contributed by atoms with Crippen molar-refractivity contribution in [1.82, 2.24) is 0 Å². The largest absolute Gasteiger partial charge is 0.466 e. The van der Waals surface area contributed by atoms with E-state index in [-0.39, 0.29) is 19.8 Å². The van der Waals surface area contributed by atoms with E-state index in [9.17, 15) is 14.4 Å². The van der Waals surface area contributed by atoms with Crippen LogP contribution < -0.4 is 0 Å². The quantitative estimate of drug-likeness (QED) is 0.253. The van der Waals surface area contributed by atoms with Gasteiger partial charge in [0.15, 0.2) is 0 Å². The zero-order valence-electron chi connectivity index (χ0n) is 12.8. The van der Waals surface area contributed by atoms with Crippen LogP contribution in [-0.2, 0) is 38.4 Å². The van der Waals surface area contributed by atoms with Crippen LogP contribution in [0.25, 0.3) is 0 Å². The minimum absolute atomic E-state index is 0.0549. The third-order valence-corrected chi connectivity index (χ3v) is 2.36. The van der Waals surface area contributed by atoms with Crippen molar-refractivity contribution in [3.63, 3.8) is 0 Å². The van der Waals surface area contributed by atoms with Gasteiger partial charge in [0, 0.05) is 0 Å². The second kappa shape index (κ2) is 10.1. The molecule has 0 N–H and O–H groups in total. The Morgan fingerprint density at radius 2 is 1.24 bits per heavy atom. The summed E-state index contributed by atoms with van der Waals surface area (Å²) in [7, 11) is 1.16. The van der Waals surface area contributed by atoms with Crippen molar-refractivity contribution in [2.75, 3.05) is 26.9 Å². The van der Waals surface area contributed by atoms with Crippen molar-refractivity contribution in [3.8, 4) is 0 Å². The van der Waals surface area contributed by atoms with Gasteiger partial charge in [-0.15, -0.1) is 0 Å². The van der Waals surface area contributed by atoms with Crippen molar-refractivity contribution < 1.29 is 38.4 Å². The summed E-state index contributed by atoms with van der Waals surface area (Å²) in [4.78, 5) is 44.8. The Kier molecular flexibility index (Phi) is 9.31. The zero-order valence-corrected chi connectivity index (χ0v) is 12.8. The summed E-state index contributed by atoms with van der Waals surface area (Å²) in [5.74, 6) is -2.33. The molecule has 0 saturated carbocycles. The number of esters is 3. The molecular weight excluding hydrogens is 284 g/mol. The molecule has 0 rings (SSSR count). The smallest absolute Gasteiger partial charge is 0.343 e. The van der Waals surface area contributed by atoms with Crippen LogP contribution in [0.2, 0.25) is 0 Å². The molecule has 21 heavy (non-hydrogen) atoms. The summed E-state index contributed by atoms with van der Waals surface area (Å²) in [5, 5.41) is 0. The molecule has 8 nitrogen and oxygen atoms in total. The number of hydrogen-bond donors (Lipinski definition) is 0. The molecule has 0 aliphatic carbocycles. The first kappa shape index (κ1) is 19.3. The lowest BCUT2D eigenvalue weighted by Crippen LogP contribution is -2.47. The Bertz CT molecular complexity index is 332. The molecule has 0 bridgehead atoms. The zero-order chi connectivity index (χ0) is 16.3. The molecule has 0 aliphatic rings.